The number of amides is 2. The van der Waals surface area contributed by atoms with Crippen LogP contribution in [0, 0.1) is 0 Å². The monoisotopic (exact) mass is 438 g/mol. The Morgan fingerprint density at radius 3 is 2.33 bits per heavy atom. The Kier molecular flexibility index (Phi) is 6.50. The number of nitrogens with zero attached hydrogens (tertiary/aromatic N) is 2. The topological polar surface area (TPSA) is 40.6 Å². The van der Waals surface area contributed by atoms with E-state index in [1.54, 1.807) is 40.5 Å². The largest absolute Gasteiger partial charge is 0.332 e. The number of carbonyl (C=O) groups excluding carboxylic acids is 2. The number of halogens is 1. The highest BCUT2D eigenvalue weighted by Crippen LogP contribution is 2.30. The van der Waals surface area contributed by atoms with Gasteiger partial charge in [-0.3, -0.25) is 9.59 Å². The Hall–Kier alpha value is -2.63. The number of benzene rings is 2. The maximum atomic E-state index is 13.3. The van der Waals surface area contributed by atoms with Gasteiger partial charge in [-0.25, -0.2) is 0 Å². The molecule has 1 aliphatic carbocycles. The lowest BCUT2D eigenvalue weighted by atomic mass is 10.2. The maximum Gasteiger partial charge on any atom is 0.256 e. The molecule has 4 nitrogen and oxygen atoms in total. The van der Waals surface area contributed by atoms with Gasteiger partial charge in [0.15, 0.2) is 0 Å². The molecule has 0 unspecified atom stereocenters. The van der Waals surface area contributed by atoms with Crippen molar-refractivity contribution >= 4 is 34.8 Å². The molecule has 4 rings (SSSR count). The Bertz CT molecular complexity index is 1000. The lowest BCUT2D eigenvalue weighted by Crippen LogP contribution is -2.43. The summed E-state index contributed by atoms with van der Waals surface area (Å²) in [6.45, 7) is 1.10. The van der Waals surface area contributed by atoms with Gasteiger partial charge in [-0.05, 0) is 42.0 Å². The number of rotatable bonds is 8. The van der Waals surface area contributed by atoms with E-state index in [4.69, 9.17) is 11.6 Å². The third-order valence-corrected chi connectivity index (χ3v) is 6.34. The summed E-state index contributed by atoms with van der Waals surface area (Å²) in [6.07, 6.45) is 1.85. The molecule has 0 bridgehead atoms. The van der Waals surface area contributed by atoms with Gasteiger partial charge in [0.2, 0.25) is 5.91 Å². The van der Waals surface area contributed by atoms with Gasteiger partial charge >= 0.3 is 0 Å². The molecule has 6 heteroatoms. The normalized spacial score (nSPS) is 13.1. The van der Waals surface area contributed by atoms with Crippen LogP contribution in [0.1, 0.15) is 33.6 Å². The molecule has 0 aliphatic heterocycles. The summed E-state index contributed by atoms with van der Waals surface area (Å²) < 4.78 is 0. The van der Waals surface area contributed by atoms with Crippen LogP contribution in [0.15, 0.2) is 72.1 Å². The molecule has 154 valence electrons. The van der Waals surface area contributed by atoms with E-state index in [9.17, 15) is 9.59 Å². The van der Waals surface area contributed by atoms with Gasteiger partial charge in [-0.1, -0.05) is 60.1 Å². The van der Waals surface area contributed by atoms with Crippen LogP contribution in [0.2, 0.25) is 5.02 Å². The number of hydrogen-bond acceptors (Lipinski definition) is 3. The third kappa shape index (κ3) is 5.10. The van der Waals surface area contributed by atoms with Gasteiger partial charge in [0.05, 0.1) is 17.1 Å². The summed E-state index contributed by atoms with van der Waals surface area (Å²) >= 11 is 7.88. The lowest BCUT2D eigenvalue weighted by molar-refractivity contribution is -0.133. The predicted molar refractivity (Wildman–Crippen MR) is 121 cm³/mol. The molecule has 1 fully saturated rings. The zero-order valence-electron chi connectivity index (χ0n) is 16.5. The molecule has 0 N–H and O–H groups in total. The van der Waals surface area contributed by atoms with Crippen LogP contribution in [0.25, 0.3) is 0 Å². The molecule has 1 saturated carbocycles. The van der Waals surface area contributed by atoms with Crippen molar-refractivity contribution in [3.05, 3.63) is 93.1 Å². The predicted octanol–water partition coefficient (Wildman–Crippen LogP) is 5.24. The van der Waals surface area contributed by atoms with Crippen LogP contribution in [-0.2, 0) is 17.9 Å². The highest BCUT2D eigenvalue weighted by molar-refractivity contribution is 7.09. The average molecular weight is 439 g/mol. The molecular weight excluding hydrogens is 416 g/mol. The summed E-state index contributed by atoms with van der Waals surface area (Å²) in [6, 6.07) is 21.1. The Labute approximate surface area is 185 Å². The van der Waals surface area contributed by atoms with Gasteiger partial charge in [-0.15, -0.1) is 11.3 Å². The van der Waals surface area contributed by atoms with E-state index < -0.39 is 0 Å². The molecule has 2 amide bonds. The molecule has 1 aliphatic rings. The van der Waals surface area contributed by atoms with Crippen molar-refractivity contribution in [1.82, 2.24) is 9.80 Å². The SMILES string of the molecule is O=C(CN(C(=O)c1ccccc1Cl)C1CC1)N(Cc1ccccc1)Cc1cccs1. The fourth-order valence-corrected chi connectivity index (χ4v) is 4.35. The lowest BCUT2D eigenvalue weighted by Gasteiger charge is -2.28. The van der Waals surface area contributed by atoms with E-state index in [1.165, 1.54) is 0 Å². The summed E-state index contributed by atoms with van der Waals surface area (Å²) in [5, 5.41) is 2.43. The Morgan fingerprint density at radius 2 is 1.67 bits per heavy atom. The molecule has 30 heavy (non-hydrogen) atoms. The maximum absolute atomic E-state index is 13.3. The number of hydrogen-bond donors (Lipinski definition) is 0. The van der Waals surface area contributed by atoms with E-state index in [1.807, 2.05) is 52.7 Å². The highest BCUT2D eigenvalue weighted by atomic mass is 35.5. The summed E-state index contributed by atoms with van der Waals surface area (Å²) in [5.41, 5.74) is 1.52. The van der Waals surface area contributed by atoms with Crippen LogP contribution in [0.5, 0.6) is 0 Å². The highest BCUT2D eigenvalue weighted by Gasteiger charge is 2.35. The smallest absolute Gasteiger partial charge is 0.256 e. The van der Waals surface area contributed by atoms with Crippen LogP contribution < -0.4 is 0 Å². The Balaban J connectivity index is 1.53. The minimum Gasteiger partial charge on any atom is -0.332 e. The second-order valence-corrected chi connectivity index (χ2v) is 8.90. The zero-order valence-corrected chi connectivity index (χ0v) is 18.1. The Morgan fingerprint density at radius 1 is 0.933 bits per heavy atom. The quantitative estimate of drug-likeness (QED) is 0.482. The molecule has 3 aromatic rings. The van der Waals surface area contributed by atoms with Gasteiger partial charge in [-0.2, -0.15) is 0 Å². The summed E-state index contributed by atoms with van der Waals surface area (Å²) in [4.78, 5) is 31.1. The van der Waals surface area contributed by atoms with E-state index in [0.29, 0.717) is 23.7 Å². The van der Waals surface area contributed by atoms with Crippen molar-refractivity contribution in [2.45, 2.75) is 32.0 Å². The van der Waals surface area contributed by atoms with Crippen molar-refractivity contribution < 1.29 is 9.59 Å². The fourth-order valence-electron chi connectivity index (χ4n) is 3.41. The first-order valence-electron chi connectivity index (χ1n) is 10.0. The van der Waals surface area contributed by atoms with E-state index in [0.717, 1.165) is 23.3 Å². The molecule has 0 spiro atoms. The first-order chi connectivity index (χ1) is 14.6. The standard InChI is InChI=1S/C24H23ClN2O2S/c25-22-11-5-4-10-21(22)24(29)27(19-12-13-19)17-23(28)26(16-20-9-6-14-30-20)15-18-7-2-1-3-8-18/h1-11,14,19H,12-13,15-17H2. The van der Waals surface area contributed by atoms with Crippen LogP contribution >= 0.6 is 22.9 Å². The number of thiophene rings is 1. The van der Waals surface area contributed by atoms with Crippen LogP contribution in [0.3, 0.4) is 0 Å². The van der Waals surface area contributed by atoms with Crippen molar-refractivity contribution in [2.24, 2.45) is 0 Å². The van der Waals surface area contributed by atoms with Crippen molar-refractivity contribution in [3.63, 3.8) is 0 Å². The average Bonchev–Trinajstić information content (AvgIpc) is 3.47. The second kappa shape index (κ2) is 9.45. The van der Waals surface area contributed by atoms with Crippen molar-refractivity contribution in [2.75, 3.05) is 6.54 Å². The first kappa shape index (κ1) is 20.6. The zero-order chi connectivity index (χ0) is 20.9. The molecule has 0 saturated heterocycles. The van der Waals surface area contributed by atoms with Gasteiger partial charge < -0.3 is 9.80 Å². The minimum atomic E-state index is -0.174. The van der Waals surface area contributed by atoms with Crippen LogP contribution in [0.4, 0.5) is 0 Å². The van der Waals surface area contributed by atoms with Gasteiger partial charge in [0.25, 0.3) is 5.91 Å². The molecule has 0 atom stereocenters. The van der Waals surface area contributed by atoms with E-state index in [2.05, 4.69) is 0 Å². The molecular formula is C24H23ClN2O2S. The number of carbonyl (C=O) groups is 2. The first-order valence-corrected chi connectivity index (χ1v) is 11.3. The molecule has 1 heterocycles. The van der Waals surface area contributed by atoms with Gasteiger partial charge in [0.1, 0.15) is 6.54 Å². The molecule has 1 aromatic heterocycles. The van der Waals surface area contributed by atoms with Gasteiger partial charge in [0, 0.05) is 17.5 Å². The fraction of sp³-hybridized carbons (Fsp3) is 0.250. The second-order valence-electron chi connectivity index (χ2n) is 7.46. The van der Waals surface area contributed by atoms with Crippen LogP contribution in [-0.4, -0.2) is 34.2 Å². The summed E-state index contributed by atoms with van der Waals surface area (Å²) in [7, 11) is 0. The molecule has 0 radical (unpaired) electrons. The van der Waals surface area contributed by atoms with Crippen molar-refractivity contribution in [3.8, 4) is 0 Å². The van der Waals surface area contributed by atoms with E-state index in [-0.39, 0.29) is 24.4 Å². The van der Waals surface area contributed by atoms with E-state index >= 15 is 0 Å². The molecule has 2 aromatic carbocycles. The van der Waals surface area contributed by atoms with Crippen molar-refractivity contribution in [1.29, 1.82) is 0 Å². The minimum absolute atomic E-state index is 0.0560. The summed E-state index contributed by atoms with van der Waals surface area (Å²) in [5.74, 6) is -0.230. The third-order valence-electron chi connectivity index (χ3n) is 5.15.